The third-order valence-electron chi connectivity index (χ3n) is 4.48. The van der Waals surface area contributed by atoms with E-state index in [0.717, 1.165) is 24.6 Å². The summed E-state index contributed by atoms with van der Waals surface area (Å²) in [5, 5.41) is 3.02. The van der Waals surface area contributed by atoms with Gasteiger partial charge in [0.25, 0.3) is 5.91 Å². The van der Waals surface area contributed by atoms with Crippen LogP contribution in [-0.4, -0.2) is 22.0 Å². The lowest BCUT2D eigenvalue weighted by atomic mass is 10.0. The summed E-state index contributed by atoms with van der Waals surface area (Å²) in [6.45, 7) is 0.776. The van der Waals surface area contributed by atoms with Crippen molar-refractivity contribution in [1.82, 2.24) is 14.9 Å². The number of nitrogens with zero attached hydrogens (tertiary/aromatic N) is 2. The maximum absolute atomic E-state index is 12.1. The Hall–Kier alpha value is -2.10. The fourth-order valence-corrected chi connectivity index (χ4v) is 3.19. The van der Waals surface area contributed by atoms with Gasteiger partial charge in [0.05, 0.1) is 6.33 Å². The van der Waals surface area contributed by atoms with E-state index in [2.05, 4.69) is 10.3 Å². The minimum absolute atomic E-state index is 0.0172. The zero-order valence-electron chi connectivity index (χ0n) is 12.9. The van der Waals surface area contributed by atoms with E-state index in [1.807, 2.05) is 35.0 Å². The van der Waals surface area contributed by atoms with Gasteiger partial charge in [0.1, 0.15) is 0 Å². The van der Waals surface area contributed by atoms with Gasteiger partial charge in [-0.15, -0.1) is 0 Å². The van der Waals surface area contributed by atoms with Crippen LogP contribution in [0.1, 0.15) is 48.9 Å². The number of carbonyl (C=O) groups is 1. The summed E-state index contributed by atoms with van der Waals surface area (Å²) in [7, 11) is 0. The minimum Gasteiger partial charge on any atom is -0.352 e. The molecule has 0 radical (unpaired) electrons. The molecule has 0 bridgehead atoms. The number of nitrogens with one attached hydrogen (secondary N) is 1. The molecule has 0 saturated heterocycles. The Morgan fingerprint density at radius 3 is 2.68 bits per heavy atom. The molecule has 3 rings (SSSR count). The molecule has 0 atom stereocenters. The van der Waals surface area contributed by atoms with Gasteiger partial charge in [-0.3, -0.25) is 4.79 Å². The molecular weight excluding hydrogens is 274 g/mol. The summed E-state index contributed by atoms with van der Waals surface area (Å²) in [5.41, 5.74) is 1.72. The van der Waals surface area contributed by atoms with E-state index >= 15 is 0 Å². The van der Waals surface area contributed by atoms with Gasteiger partial charge in [0.15, 0.2) is 0 Å². The van der Waals surface area contributed by atoms with Crippen molar-refractivity contribution in [2.45, 2.75) is 38.5 Å². The topological polar surface area (TPSA) is 46.9 Å². The lowest BCUT2D eigenvalue weighted by Gasteiger charge is -2.09. The number of hydrogen-bond donors (Lipinski definition) is 1. The summed E-state index contributed by atoms with van der Waals surface area (Å²) in [4.78, 5) is 16.1. The van der Waals surface area contributed by atoms with Crippen molar-refractivity contribution in [1.29, 1.82) is 0 Å². The SMILES string of the molecule is O=C(NCCCC1CCCC1)c1ccc(-n2ccnc2)cc1. The molecular formula is C18H23N3O. The van der Waals surface area contributed by atoms with E-state index in [0.29, 0.717) is 5.56 Å². The van der Waals surface area contributed by atoms with Crippen LogP contribution in [0.15, 0.2) is 43.0 Å². The van der Waals surface area contributed by atoms with Crippen molar-refractivity contribution in [3.05, 3.63) is 48.5 Å². The molecule has 0 unspecified atom stereocenters. The quantitative estimate of drug-likeness (QED) is 0.829. The van der Waals surface area contributed by atoms with Crippen LogP contribution in [0.5, 0.6) is 0 Å². The average molecular weight is 297 g/mol. The van der Waals surface area contributed by atoms with Crippen LogP contribution in [0, 0.1) is 5.92 Å². The molecule has 22 heavy (non-hydrogen) atoms. The Balaban J connectivity index is 1.45. The normalized spacial score (nSPS) is 15.1. The highest BCUT2D eigenvalue weighted by Gasteiger charge is 2.14. The highest BCUT2D eigenvalue weighted by atomic mass is 16.1. The molecule has 1 aliphatic carbocycles. The first-order valence-electron chi connectivity index (χ1n) is 8.19. The van der Waals surface area contributed by atoms with Gasteiger partial charge in [-0.2, -0.15) is 0 Å². The molecule has 1 heterocycles. The number of carbonyl (C=O) groups excluding carboxylic acids is 1. The number of rotatable bonds is 6. The number of aromatic nitrogens is 2. The van der Waals surface area contributed by atoms with Crippen LogP contribution in [-0.2, 0) is 0 Å². The molecule has 1 aromatic heterocycles. The predicted octanol–water partition coefficient (Wildman–Crippen LogP) is 3.57. The first-order valence-corrected chi connectivity index (χ1v) is 8.19. The van der Waals surface area contributed by atoms with E-state index < -0.39 is 0 Å². The van der Waals surface area contributed by atoms with Gasteiger partial charge in [-0.1, -0.05) is 25.7 Å². The molecule has 1 fully saturated rings. The third-order valence-corrected chi connectivity index (χ3v) is 4.48. The standard InChI is InChI=1S/C18H23N3O/c22-18(20-11-3-6-15-4-1-2-5-15)16-7-9-17(10-8-16)21-13-12-19-14-21/h7-10,12-15H,1-6,11H2,(H,20,22). The summed E-state index contributed by atoms with van der Waals surface area (Å²) in [5.74, 6) is 0.912. The first-order chi connectivity index (χ1) is 10.8. The zero-order chi connectivity index (χ0) is 15.2. The molecule has 4 nitrogen and oxygen atoms in total. The second-order valence-corrected chi connectivity index (χ2v) is 6.07. The lowest BCUT2D eigenvalue weighted by molar-refractivity contribution is 0.0952. The van der Waals surface area contributed by atoms with Crippen LogP contribution in [0.25, 0.3) is 5.69 Å². The first kappa shape index (κ1) is 14.8. The number of imidazole rings is 1. The predicted molar refractivity (Wildman–Crippen MR) is 87.1 cm³/mol. The molecule has 1 aliphatic rings. The highest BCUT2D eigenvalue weighted by Crippen LogP contribution is 2.28. The van der Waals surface area contributed by atoms with Crippen molar-refractivity contribution >= 4 is 5.91 Å². The van der Waals surface area contributed by atoms with Gasteiger partial charge < -0.3 is 9.88 Å². The maximum atomic E-state index is 12.1. The summed E-state index contributed by atoms with van der Waals surface area (Å²) in [6, 6.07) is 7.60. The van der Waals surface area contributed by atoms with E-state index in [4.69, 9.17) is 0 Å². The molecule has 4 heteroatoms. The van der Waals surface area contributed by atoms with Crippen molar-refractivity contribution in [2.75, 3.05) is 6.54 Å². The molecule has 116 valence electrons. The second-order valence-electron chi connectivity index (χ2n) is 6.07. The second kappa shape index (κ2) is 7.25. The van der Waals surface area contributed by atoms with Crippen LogP contribution >= 0.6 is 0 Å². The third kappa shape index (κ3) is 3.75. The van der Waals surface area contributed by atoms with Gasteiger partial charge >= 0.3 is 0 Å². The van der Waals surface area contributed by atoms with Crippen LogP contribution in [0.4, 0.5) is 0 Å². The lowest BCUT2D eigenvalue weighted by Crippen LogP contribution is -2.24. The van der Waals surface area contributed by atoms with Crippen LogP contribution in [0.2, 0.25) is 0 Å². The fraction of sp³-hybridized carbons (Fsp3) is 0.444. The van der Waals surface area contributed by atoms with E-state index in [1.165, 1.54) is 32.1 Å². The van der Waals surface area contributed by atoms with E-state index in [9.17, 15) is 4.79 Å². The van der Waals surface area contributed by atoms with Gasteiger partial charge in [0.2, 0.25) is 0 Å². The molecule has 2 aromatic rings. The monoisotopic (exact) mass is 297 g/mol. The van der Waals surface area contributed by atoms with Crippen molar-refractivity contribution in [3.63, 3.8) is 0 Å². The van der Waals surface area contributed by atoms with Crippen molar-refractivity contribution in [2.24, 2.45) is 5.92 Å². The molecule has 1 N–H and O–H groups in total. The minimum atomic E-state index is 0.0172. The van der Waals surface area contributed by atoms with E-state index in [-0.39, 0.29) is 5.91 Å². The molecule has 1 aromatic carbocycles. The van der Waals surface area contributed by atoms with Crippen LogP contribution in [0.3, 0.4) is 0 Å². The number of hydrogen-bond acceptors (Lipinski definition) is 2. The van der Waals surface area contributed by atoms with Gasteiger partial charge in [-0.25, -0.2) is 4.98 Å². The Bertz CT molecular complexity index is 583. The van der Waals surface area contributed by atoms with Crippen LogP contribution < -0.4 is 5.32 Å². The maximum Gasteiger partial charge on any atom is 0.251 e. The Morgan fingerprint density at radius 2 is 2.00 bits per heavy atom. The summed E-state index contributed by atoms with van der Waals surface area (Å²) >= 11 is 0. The van der Waals surface area contributed by atoms with Crippen molar-refractivity contribution in [3.8, 4) is 5.69 Å². The van der Waals surface area contributed by atoms with Gasteiger partial charge in [-0.05, 0) is 43.0 Å². The van der Waals surface area contributed by atoms with E-state index in [1.54, 1.807) is 12.5 Å². The molecule has 0 spiro atoms. The van der Waals surface area contributed by atoms with Crippen molar-refractivity contribution < 1.29 is 4.79 Å². The Morgan fingerprint density at radius 1 is 1.23 bits per heavy atom. The smallest absolute Gasteiger partial charge is 0.251 e. The average Bonchev–Trinajstić information content (AvgIpc) is 3.25. The summed E-state index contributed by atoms with van der Waals surface area (Å²) in [6.07, 6.45) is 13.2. The Labute approximate surface area is 131 Å². The molecule has 1 saturated carbocycles. The largest absolute Gasteiger partial charge is 0.352 e. The summed E-state index contributed by atoms with van der Waals surface area (Å²) < 4.78 is 1.92. The van der Waals surface area contributed by atoms with Gasteiger partial charge in [0, 0.05) is 30.2 Å². The zero-order valence-corrected chi connectivity index (χ0v) is 12.9. The number of amides is 1. The fourth-order valence-electron chi connectivity index (χ4n) is 3.19. The Kier molecular flexibility index (Phi) is 4.88. The number of benzene rings is 1. The highest BCUT2D eigenvalue weighted by molar-refractivity contribution is 5.94. The molecule has 0 aliphatic heterocycles. The molecule has 1 amide bonds.